The Morgan fingerprint density at radius 3 is 2.44 bits per heavy atom. The Morgan fingerprint density at radius 2 is 1.92 bits per heavy atom. The zero-order valence-electron chi connectivity index (χ0n) is 15.8. The molecule has 142 valence electrons. The van der Waals surface area contributed by atoms with Crippen molar-refractivity contribution in [3.8, 4) is 0 Å². The third-order valence-electron chi connectivity index (χ3n) is 5.17. The van der Waals surface area contributed by atoms with Gasteiger partial charge in [-0.05, 0) is 66.1 Å². The van der Waals surface area contributed by atoms with E-state index in [1.54, 1.807) is 13.8 Å². The Hall–Kier alpha value is -1.50. The van der Waals surface area contributed by atoms with Gasteiger partial charge in [-0.15, -0.1) is 0 Å². The summed E-state index contributed by atoms with van der Waals surface area (Å²) in [4.78, 5) is 16.6. The second kappa shape index (κ2) is 8.74. The molecule has 2 heterocycles. The number of amides is 1. The quantitative estimate of drug-likeness (QED) is 0.754. The topological polar surface area (TPSA) is 41.4 Å². The van der Waals surface area contributed by atoms with Crippen LogP contribution in [0.3, 0.4) is 0 Å². The van der Waals surface area contributed by atoms with Crippen LogP contribution in [-0.4, -0.2) is 59.2 Å². The summed E-state index contributed by atoms with van der Waals surface area (Å²) in [5, 5.41) is 3.86. The molecule has 25 heavy (non-hydrogen) atoms. The highest BCUT2D eigenvalue weighted by molar-refractivity contribution is 5.79. The van der Waals surface area contributed by atoms with Crippen LogP contribution >= 0.6 is 0 Å². The molecule has 2 rings (SSSR count). The number of likely N-dealkylation sites (tertiary alicyclic amines) is 1. The van der Waals surface area contributed by atoms with E-state index in [4.69, 9.17) is 0 Å². The summed E-state index contributed by atoms with van der Waals surface area (Å²) in [7, 11) is 4.17. The van der Waals surface area contributed by atoms with Crippen molar-refractivity contribution in [2.45, 2.75) is 52.5 Å². The van der Waals surface area contributed by atoms with E-state index in [9.17, 15) is 13.6 Å². The first-order valence-corrected chi connectivity index (χ1v) is 9.04. The lowest BCUT2D eigenvalue weighted by Crippen LogP contribution is -2.39. The standard InChI is InChI=1S/C18H30F2N4O/c1-13-16(14(2)24(21-13)18(19)20)12-17(25)23-10-7-15(8-11-23)6-5-9-22(3)4/h15,18H,5-12H2,1-4H3. The van der Waals surface area contributed by atoms with Crippen LogP contribution in [0, 0.1) is 19.8 Å². The number of piperidine rings is 1. The van der Waals surface area contributed by atoms with Gasteiger partial charge >= 0.3 is 6.55 Å². The van der Waals surface area contributed by atoms with Gasteiger partial charge in [0, 0.05) is 24.3 Å². The first-order valence-electron chi connectivity index (χ1n) is 9.04. The van der Waals surface area contributed by atoms with E-state index in [0.717, 1.165) is 32.5 Å². The lowest BCUT2D eigenvalue weighted by atomic mass is 9.92. The van der Waals surface area contributed by atoms with Crippen LogP contribution in [0.5, 0.6) is 0 Å². The Kier molecular flexibility index (Phi) is 6.93. The normalized spacial score (nSPS) is 16.2. The predicted octanol–water partition coefficient (Wildman–Crippen LogP) is 3.02. The second-order valence-corrected chi connectivity index (χ2v) is 7.32. The molecule has 0 radical (unpaired) electrons. The van der Waals surface area contributed by atoms with E-state index in [1.807, 2.05) is 4.90 Å². The Bertz CT molecular complexity index is 578. The molecule has 5 nitrogen and oxygen atoms in total. The van der Waals surface area contributed by atoms with E-state index in [-0.39, 0.29) is 12.3 Å². The molecule has 1 fully saturated rings. The number of rotatable bonds is 7. The van der Waals surface area contributed by atoms with Crippen LogP contribution in [0.15, 0.2) is 0 Å². The van der Waals surface area contributed by atoms with Crippen molar-refractivity contribution in [3.05, 3.63) is 17.0 Å². The number of aromatic nitrogens is 2. The monoisotopic (exact) mass is 356 g/mol. The van der Waals surface area contributed by atoms with Gasteiger partial charge in [-0.25, -0.2) is 4.68 Å². The summed E-state index contributed by atoms with van der Waals surface area (Å²) in [6, 6.07) is 0. The number of nitrogens with zero attached hydrogens (tertiary/aromatic N) is 4. The van der Waals surface area contributed by atoms with Crippen LogP contribution < -0.4 is 0 Å². The molecule has 0 bridgehead atoms. The molecule has 1 saturated heterocycles. The maximum atomic E-state index is 12.9. The maximum Gasteiger partial charge on any atom is 0.333 e. The van der Waals surface area contributed by atoms with Crippen LogP contribution in [0.25, 0.3) is 0 Å². The van der Waals surface area contributed by atoms with Crippen molar-refractivity contribution in [2.24, 2.45) is 5.92 Å². The van der Waals surface area contributed by atoms with Gasteiger partial charge in [-0.1, -0.05) is 0 Å². The molecule has 1 aromatic heterocycles. The van der Waals surface area contributed by atoms with Gasteiger partial charge in [0.2, 0.25) is 5.91 Å². The van der Waals surface area contributed by atoms with Crippen molar-refractivity contribution in [3.63, 3.8) is 0 Å². The Labute approximate surface area is 149 Å². The fourth-order valence-electron chi connectivity index (χ4n) is 3.57. The summed E-state index contributed by atoms with van der Waals surface area (Å²) in [5.41, 5.74) is 1.54. The molecule has 0 N–H and O–H groups in total. The van der Waals surface area contributed by atoms with E-state index in [1.165, 1.54) is 12.8 Å². The van der Waals surface area contributed by atoms with E-state index in [0.29, 0.717) is 27.6 Å². The molecule has 7 heteroatoms. The third kappa shape index (κ3) is 5.23. The fraction of sp³-hybridized carbons (Fsp3) is 0.778. The number of halogens is 2. The van der Waals surface area contributed by atoms with E-state index in [2.05, 4.69) is 24.1 Å². The van der Waals surface area contributed by atoms with Gasteiger partial charge in [-0.2, -0.15) is 13.9 Å². The first-order chi connectivity index (χ1) is 11.8. The number of hydrogen-bond donors (Lipinski definition) is 0. The summed E-state index contributed by atoms with van der Waals surface area (Å²) in [6.07, 6.45) is 4.63. The van der Waals surface area contributed by atoms with Crippen molar-refractivity contribution in [1.29, 1.82) is 0 Å². The number of carbonyl (C=O) groups excluding carboxylic acids is 1. The van der Waals surface area contributed by atoms with Crippen molar-refractivity contribution >= 4 is 5.91 Å². The van der Waals surface area contributed by atoms with E-state index < -0.39 is 6.55 Å². The molecule has 0 unspecified atom stereocenters. The molecule has 1 aliphatic rings. The smallest absolute Gasteiger partial charge is 0.333 e. The molecule has 1 aliphatic heterocycles. The average molecular weight is 356 g/mol. The minimum atomic E-state index is -2.67. The van der Waals surface area contributed by atoms with E-state index >= 15 is 0 Å². The predicted molar refractivity (Wildman–Crippen MR) is 93.8 cm³/mol. The lowest BCUT2D eigenvalue weighted by molar-refractivity contribution is -0.131. The molecule has 0 aromatic carbocycles. The highest BCUT2D eigenvalue weighted by atomic mass is 19.3. The largest absolute Gasteiger partial charge is 0.342 e. The Balaban J connectivity index is 1.85. The minimum absolute atomic E-state index is 0.0201. The molecular formula is C18H30F2N4O. The van der Waals surface area contributed by atoms with Gasteiger partial charge < -0.3 is 9.80 Å². The van der Waals surface area contributed by atoms with Gasteiger partial charge in [-0.3, -0.25) is 4.79 Å². The van der Waals surface area contributed by atoms with Gasteiger partial charge in [0.25, 0.3) is 0 Å². The lowest BCUT2D eigenvalue weighted by Gasteiger charge is -2.32. The van der Waals surface area contributed by atoms with Crippen molar-refractivity contribution in [2.75, 3.05) is 33.7 Å². The van der Waals surface area contributed by atoms with Crippen LogP contribution in [0.4, 0.5) is 8.78 Å². The van der Waals surface area contributed by atoms with Crippen molar-refractivity contribution in [1.82, 2.24) is 19.6 Å². The summed E-state index contributed by atoms with van der Waals surface area (Å²) < 4.78 is 26.5. The number of aryl methyl sites for hydroxylation is 1. The SMILES string of the molecule is Cc1nn(C(F)F)c(C)c1CC(=O)N1CCC(CCCN(C)C)CC1. The summed E-state index contributed by atoms with van der Waals surface area (Å²) in [6.45, 7) is 3.27. The Morgan fingerprint density at radius 1 is 1.28 bits per heavy atom. The molecular weight excluding hydrogens is 326 g/mol. The summed E-state index contributed by atoms with van der Waals surface area (Å²) in [5.74, 6) is 0.709. The minimum Gasteiger partial charge on any atom is -0.342 e. The zero-order valence-corrected chi connectivity index (χ0v) is 15.8. The summed E-state index contributed by atoms with van der Waals surface area (Å²) >= 11 is 0. The molecule has 0 saturated carbocycles. The van der Waals surface area contributed by atoms with Crippen molar-refractivity contribution < 1.29 is 13.6 Å². The van der Waals surface area contributed by atoms with Gasteiger partial charge in [0.1, 0.15) is 0 Å². The van der Waals surface area contributed by atoms with Crippen LogP contribution in [0.1, 0.15) is 49.2 Å². The highest BCUT2D eigenvalue weighted by Crippen LogP contribution is 2.24. The van der Waals surface area contributed by atoms with Gasteiger partial charge in [0.15, 0.2) is 0 Å². The molecule has 1 aromatic rings. The number of alkyl halides is 2. The highest BCUT2D eigenvalue weighted by Gasteiger charge is 2.25. The molecule has 1 amide bonds. The molecule has 0 atom stereocenters. The maximum absolute atomic E-state index is 12.9. The number of hydrogen-bond acceptors (Lipinski definition) is 3. The third-order valence-corrected chi connectivity index (χ3v) is 5.17. The second-order valence-electron chi connectivity index (χ2n) is 7.32. The van der Waals surface area contributed by atoms with Crippen LogP contribution in [0.2, 0.25) is 0 Å². The number of carbonyl (C=O) groups is 1. The molecule has 0 aliphatic carbocycles. The van der Waals surface area contributed by atoms with Crippen LogP contribution in [-0.2, 0) is 11.2 Å². The average Bonchev–Trinajstić information content (AvgIpc) is 2.83. The first kappa shape index (κ1) is 19.8. The fourth-order valence-corrected chi connectivity index (χ4v) is 3.57. The van der Waals surface area contributed by atoms with Gasteiger partial charge in [0.05, 0.1) is 12.1 Å². The zero-order chi connectivity index (χ0) is 18.6. The molecule has 0 spiro atoms.